The van der Waals surface area contributed by atoms with Gasteiger partial charge in [-0.2, -0.15) is 0 Å². The Bertz CT molecular complexity index is 348. The average Bonchev–Trinajstić information content (AvgIpc) is 1.82. The molecule has 1 heterocycles. The summed E-state index contributed by atoms with van der Waals surface area (Å²) in [7, 11) is 0. The number of hydrogen-bond donors (Lipinski definition) is 1. The van der Waals surface area contributed by atoms with E-state index in [-0.39, 0.29) is 3.70 Å². The molecule has 0 bridgehead atoms. The van der Waals surface area contributed by atoms with Crippen molar-refractivity contribution in [2.24, 2.45) is 0 Å². The highest BCUT2D eigenvalue weighted by molar-refractivity contribution is 14.1. The molecule has 66 valence electrons. The maximum absolute atomic E-state index is 12.2. The van der Waals surface area contributed by atoms with Gasteiger partial charge < -0.3 is 4.98 Å². The fourth-order valence-electron chi connectivity index (χ4n) is 0.862. The van der Waals surface area contributed by atoms with Crippen LogP contribution in [0, 0.1) is 10.6 Å². The molecule has 0 aromatic carbocycles. The Labute approximate surface area is 81.1 Å². The number of rotatable bonds is 1. The van der Waals surface area contributed by atoms with E-state index < -0.39 is 17.4 Å². The molecule has 0 aliphatic carbocycles. The van der Waals surface area contributed by atoms with Gasteiger partial charge in [-0.1, -0.05) is 0 Å². The number of nitrogens with one attached hydrogen (secondary N) is 1. The first kappa shape index (κ1) is 9.63. The molecule has 2 nitrogen and oxygen atoms in total. The fraction of sp³-hybridized carbons (Fsp3) is 0.286. The molecule has 0 unspecified atom stereocenters. The second-order valence-electron chi connectivity index (χ2n) is 2.34. The largest absolute Gasteiger partial charge is 0.354 e. The predicted octanol–water partition coefficient (Wildman–Crippen LogP) is 2.23. The summed E-state index contributed by atoms with van der Waals surface area (Å²) in [5, 5.41) is 0. The number of halogens is 3. The third kappa shape index (κ3) is 1.82. The van der Waals surface area contributed by atoms with E-state index >= 15 is 0 Å². The van der Waals surface area contributed by atoms with Gasteiger partial charge in [0.15, 0.2) is 5.43 Å². The molecule has 0 fully saturated rings. The highest BCUT2D eigenvalue weighted by Gasteiger charge is 2.15. The van der Waals surface area contributed by atoms with Crippen LogP contribution in [0.25, 0.3) is 0 Å². The molecular formula is C7H6F2INO. The number of pyridine rings is 1. The van der Waals surface area contributed by atoms with E-state index in [1.54, 1.807) is 29.5 Å². The lowest BCUT2D eigenvalue weighted by atomic mass is 10.2. The second-order valence-corrected chi connectivity index (χ2v) is 3.42. The monoisotopic (exact) mass is 285 g/mol. The lowest BCUT2D eigenvalue weighted by Gasteiger charge is -2.02. The smallest absolute Gasteiger partial charge is 0.270 e. The number of H-pyrrole nitrogens is 1. The number of alkyl halides is 2. The van der Waals surface area contributed by atoms with E-state index in [1.807, 2.05) is 0 Å². The lowest BCUT2D eigenvalue weighted by molar-refractivity contribution is 0.148. The first-order valence-corrected chi connectivity index (χ1v) is 4.27. The minimum Gasteiger partial charge on any atom is -0.354 e. The topological polar surface area (TPSA) is 32.9 Å². The maximum Gasteiger partial charge on any atom is 0.270 e. The molecule has 1 N–H and O–H groups in total. The van der Waals surface area contributed by atoms with Gasteiger partial charge >= 0.3 is 0 Å². The zero-order chi connectivity index (χ0) is 9.30. The molecule has 0 aliphatic heterocycles. The molecule has 0 atom stereocenters. The molecule has 0 spiro atoms. The summed E-state index contributed by atoms with van der Waals surface area (Å²) in [4.78, 5) is 13.7. The molecule has 5 heteroatoms. The SMILES string of the molecule is Cc1cc(=O)c(C(F)F)c(I)[nH]1. The highest BCUT2D eigenvalue weighted by atomic mass is 127. The summed E-state index contributed by atoms with van der Waals surface area (Å²) >= 11 is 1.69. The predicted molar refractivity (Wildman–Crippen MR) is 49.5 cm³/mol. The molecule has 0 amide bonds. The Balaban J connectivity index is 3.39. The third-order valence-corrected chi connectivity index (χ3v) is 2.23. The van der Waals surface area contributed by atoms with Crippen LogP contribution < -0.4 is 5.43 Å². The molecular weight excluding hydrogens is 279 g/mol. The Kier molecular flexibility index (Phi) is 2.81. The van der Waals surface area contributed by atoms with Crippen LogP contribution in [0.2, 0.25) is 0 Å². The summed E-state index contributed by atoms with van der Waals surface area (Å²) in [5.41, 5.74) is -0.458. The first-order valence-electron chi connectivity index (χ1n) is 3.20. The first-order chi connectivity index (χ1) is 5.52. The van der Waals surface area contributed by atoms with Gasteiger partial charge in [-0.05, 0) is 29.5 Å². The van der Waals surface area contributed by atoms with Crippen molar-refractivity contribution in [2.45, 2.75) is 13.3 Å². The van der Waals surface area contributed by atoms with Crippen molar-refractivity contribution >= 4 is 22.6 Å². The van der Waals surface area contributed by atoms with E-state index in [9.17, 15) is 13.6 Å². The number of aromatic amines is 1. The summed E-state index contributed by atoms with van der Waals surface area (Å²) in [5.74, 6) is 0. The lowest BCUT2D eigenvalue weighted by Crippen LogP contribution is -2.13. The van der Waals surface area contributed by atoms with Gasteiger partial charge in [-0.25, -0.2) is 8.78 Å². The highest BCUT2D eigenvalue weighted by Crippen LogP contribution is 2.19. The second kappa shape index (κ2) is 3.51. The van der Waals surface area contributed by atoms with E-state index in [2.05, 4.69) is 4.98 Å². The minimum atomic E-state index is -2.71. The zero-order valence-corrected chi connectivity index (χ0v) is 8.35. The number of hydrogen-bond acceptors (Lipinski definition) is 1. The normalized spacial score (nSPS) is 10.8. The summed E-state index contributed by atoms with van der Waals surface area (Å²) < 4.78 is 24.6. The summed E-state index contributed by atoms with van der Waals surface area (Å²) in [6, 6.07) is 1.17. The summed E-state index contributed by atoms with van der Waals surface area (Å²) in [6.07, 6.45) is -2.71. The molecule has 0 radical (unpaired) electrons. The average molecular weight is 285 g/mol. The molecule has 12 heavy (non-hydrogen) atoms. The van der Waals surface area contributed by atoms with Crippen LogP contribution in [0.15, 0.2) is 10.9 Å². The minimum absolute atomic E-state index is 0.215. The van der Waals surface area contributed by atoms with Crippen LogP contribution in [-0.2, 0) is 0 Å². The molecule has 1 aromatic heterocycles. The molecule has 0 saturated heterocycles. The van der Waals surface area contributed by atoms with Gasteiger partial charge in [0.05, 0.1) is 9.26 Å². The molecule has 0 aliphatic rings. The Morgan fingerprint density at radius 1 is 1.58 bits per heavy atom. The molecule has 1 rings (SSSR count). The van der Waals surface area contributed by atoms with Crippen molar-refractivity contribution in [1.82, 2.24) is 4.98 Å². The third-order valence-electron chi connectivity index (χ3n) is 1.37. The Morgan fingerprint density at radius 2 is 2.17 bits per heavy atom. The van der Waals surface area contributed by atoms with Crippen LogP contribution in [0.3, 0.4) is 0 Å². The fourth-order valence-corrected chi connectivity index (χ4v) is 1.79. The van der Waals surface area contributed by atoms with E-state index in [0.29, 0.717) is 5.69 Å². The Hall–Kier alpha value is -0.460. The molecule has 0 saturated carbocycles. The van der Waals surface area contributed by atoms with Crippen LogP contribution >= 0.6 is 22.6 Å². The molecule has 1 aromatic rings. The standard InChI is InChI=1S/C7H6F2INO/c1-3-2-4(12)5(6(8)9)7(10)11-3/h2,6H,1H3,(H,11,12). The van der Waals surface area contributed by atoms with Crippen molar-refractivity contribution in [1.29, 1.82) is 0 Å². The van der Waals surface area contributed by atoms with E-state index in [4.69, 9.17) is 0 Å². The van der Waals surface area contributed by atoms with Gasteiger partial charge in [0.2, 0.25) is 0 Å². The number of aryl methyl sites for hydroxylation is 1. The number of aromatic nitrogens is 1. The van der Waals surface area contributed by atoms with Gasteiger partial charge in [-0.15, -0.1) is 0 Å². The van der Waals surface area contributed by atoms with E-state index in [0.717, 1.165) is 0 Å². The van der Waals surface area contributed by atoms with Gasteiger partial charge in [-0.3, -0.25) is 4.79 Å². The quantitative estimate of drug-likeness (QED) is 0.623. The van der Waals surface area contributed by atoms with Crippen LogP contribution in [0.5, 0.6) is 0 Å². The van der Waals surface area contributed by atoms with Crippen molar-refractivity contribution in [2.75, 3.05) is 0 Å². The van der Waals surface area contributed by atoms with Gasteiger partial charge in [0, 0.05) is 11.8 Å². The van der Waals surface area contributed by atoms with Crippen molar-refractivity contribution in [3.63, 3.8) is 0 Å². The van der Waals surface area contributed by atoms with E-state index in [1.165, 1.54) is 6.07 Å². The summed E-state index contributed by atoms with van der Waals surface area (Å²) in [6.45, 7) is 1.65. The Morgan fingerprint density at radius 3 is 2.58 bits per heavy atom. The van der Waals surface area contributed by atoms with Crippen molar-refractivity contribution < 1.29 is 8.78 Å². The van der Waals surface area contributed by atoms with Crippen LogP contribution in [-0.4, -0.2) is 4.98 Å². The van der Waals surface area contributed by atoms with Gasteiger partial charge in [0.1, 0.15) is 0 Å². The maximum atomic E-state index is 12.2. The van der Waals surface area contributed by atoms with Crippen molar-refractivity contribution in [3.05, 3.63) is 31.2 Å². The zero-order valence-electron chi connectivity index (χ0n) is 6.20. The van der Waals surface area contributed by atoms with Crippen LogP contribution in [0.1, 0.15) is 17.7 Å². The van der Waals surface area contributed by atoms with Crippen molar-refractivity contribution in [3.8, 4) is 0 Å². The van der Waals surface area contributed by atoms with Gasteiger partial charge in [0.25, 0.3) is 6.43 Å². The van der Waals surface area contributed by atoms with Crippen LogP contribution in [0.4, 0.5) is 8.78 Å².